The number of fused-ring (bicyclic) bond motifs is 1. The first-order valence-corrected chi connectivity index (χ1v) is 12.3. The van der Waals surface area contributed by atoms with Crippen LogP contribution in [0, 0.1) is 0 Å². The highest BCUT2D eigenvalue weighted by molar-refractivity contribution is 7.86. The zero-order valence-electron chi connectivity index (χ0n) is 16.6. The van der Waals surface area contributed by atoms with E-state index in [2.05, 4.69) is 4.98 Å². The van der Waals surface area contributed by atoms with Crippen LogP contribution in [0.1, 0.15) is 13.8 Å². The Labute approximate surface area is 172 Å². The molecule has 15 heteroatoms. The largest absolute Gasteiger partial charge is 0.342 e. The van der Waals surface area contributed by atoms with Crippen LogP contribution in [0.25, 0.3) is 0 Å². The van der Waals surface area contributed by atoms with Gasteiger partial charge in [0.2, 0.25) is 5.72 Å². The van der Waals surface area contributed by atoms with Crippen LogP contribution in [-0.4, -0.2) is 76.2 Å². The van der Waals surface area contributed by atoms with Gasteiger partial charge in [0.1, 0.15) is 24.9 Å². The number of aromatic nitrogens is 2. The normalized spacial score (nSPS) is 31.0. The summed E-state index contributed by atoms with van der Waals surface area (Å²) in [6.45, 7) is 1.96. The number of ether oxygens (including phenoxy) is 3. The molecule has 0 radical (unpaired) electrons. The van der Waals surface area contributed by atoms with E-state index >= 15 is 0 Å². The fourth-order valence-electron chi connectivity index (χ4n) is 3.41. The zero-order valence-corrected chi connectivity index (χ0v) is 18.2. The van der Waals surface area contributed by atoms with E-state index in [1.807, 2.05) is 0 Å². The number of nitrogens with one attached hydrogen (secondary N) is 1. The van der Waals surface area contributed by atoms with Gasteiger partial charge in [-0.25, -0.2) is 4.79 Å². The van der Waals surface area contributed by atoms with E-state index < -0.39 is 74.5 Å². The van der Waals surface area contributed by atoms with Crippen molar-refractivity contribution in [1.82, 2.24) is 9.55 Å². The maximum Gasteiger partial charge on any atom is 0.330 e. The van der Waals surface area contributed by atoms with Crippen LogP contribution in [0.5, 0.6) is 0 Å². The van der Waals surface area contributed by atoms with Crippen molar-refractivity contribution in [3.8, 4) is 0 Å². The smallest absolute Gasteiger partial charge is 0.330 e. The lowest BCUT2D eigenvalue weighted by atomic mass is 10.0. The molecule has 3 heterocycles. The predicted molar refractivity (Wildman–Crippen MR) is 99.6 cm³/mol. The molecule has 2 fully saturated rings. The van der Waals surface area contributed by atoms with Gasteiger partial charge in [-0.15, -0.1) is 0 Å². The van der Waals surface area contributed by atoms with Crippen molar-refractivity contribution in [2.45, 2.75) is 43.7 Å². The van der Waals surface area contributed by atoms with E-state index in [4.69, 9.17) is 22.6 Å². The van der Waals surface area contributed by atoms with Crippen LogP contribution >= 0.6 is 0 Å². The van der Waals surface area contributed by atoms with Crippen molar-refractivity contribution >= 4 is 20.2 Å². The van der Waals surface area contributed by atoms with E-state index in [-0.39, 0.29) is 0 Å². The molecule has 3 rings (SSSR count). The molecule has 0 amide bonds. The average Bonchev–Trinajstić information content (AvgIpc) is 3.02. The van der Waals surface area contributed by atoms with Crippen LogP contribution < -0.4 is 11.2 Å². The van der Waals surface area contributed by atoms with E-state index in [9.17, 15) is 26.4 Å². The molecule has 0 aromatic carbocycles. The first kappa shape index (κ1) is 23.1. The molecule has 1 aromatic rings. The summed E-state index contributed by atoms with van der Waals surface area (Å²) in [5, 5.41) is 0. The van der Waals surface area contributed by atoms with Crippen molar-refractivity contribution in [2.24, 2.45) is 0 Å². The molecule has 1 N–H and O–H groups in total. The molecule has 30 heavy (non-hydrogen) atoms. The van der Waals surface area contributed by atoms with E-state index in [0.717, 1.165) is 29.3 Å². The SMILES string of the molecule is CC1(C)O[C@H]2[C@@H](O1)[C@](COS(C)(=O)=O)(n1ccc(=O)[nH]c1=O)O[C@@H]2COS(C)(=O)=O. The Hall–Kier alpha value is -1.62. The van der Waals surface area contributed by atoms with Crippen molar-refractivity contribution in [3.63, 3.8) is 0 Å². The second-order valence-electron chi connectivity index (χ2n) is 7.46. The van der Waals surface area contributed by atoms with Crippen molar-refractivity contribution < 1.29 is 39.4 Å². The standard InChI is InChI=1S/C15H22N2O11S2/c1-14(2)27-11-9(7-24-29(3,20)21)26-15(12(11)28-14,8-25-30(4,22)23)17-6-5-10(18)16-13(17)19/h5-6,9,11-12H,7-8H2,1-4H3,(H,16,18,19)/t9-,11-,12-,15-/m1/s1. The fraction of sp³-hybridized carbons (Fsp3) is 0.733. The van der Waals surface area contributed by atoms with Gasteiger partial charge in [-0.3, -0.25) is 22.7 Å². The molecule has 0 spiro atoms. The number of rotatable bonds is 7. The summed E-state index contributed by atoms with van der Waals surface area (Å²) in [5.74, 6) is -1.18. The molecular formula is C15H22N2O11S2. The van der Waals surface area contributed by atoms with Crippen molar-refractivity contribution in [2.75, 3.05) is 25.7 Å². The molecular weight excluding hydrogens is 448 g/mol. The van der Waals surface area contributed by atoms with Gasteiger partial charge >= 0.3 is 5.69 Å². The van der Waals surface area contributed by atoms with Gasteiger partial charge in [0.25, 0.3) is 25.8 Å². The molecule has 0 saturated carbocycles. The molecule has 2 aliphatic heterocycles. The van der Waals surface area contributed by atoms with Gasteiger partial charge in [-0.1, -0.05) is 0 Å². The van der Waals surface area contributed by atoms with Crippen LogP contribution in [-0.2, 0) is 48.5 Å². The Morgan fingerprint density at radius 2 is 1.70 bits per heavy atom. The summed E-state index contributed by atoms with van der Waals surface area (Å²) in [6.07, 6.45) is -0.369. The molecule has 13 nitrogen and oxygen atoms in total. The lowest BCUT2D eigenvalue weighted by Gasteiger charge is -2.35. The van der Waals surface area contributed by atoms with Crippen LogP contribution in [0.2, 0.25) is 0 Å². The second-order valence-corrected chi connectivity index (χ2v) is 10.7. The third-order valence-corrected chi connectivity index (χ3v) is 5.56. The molecule has 1 aromatic heterocycles. The van der Waals surface area contributed by atoms with E-state index in [1.165, 1.54) is 0 Å². The van der Waals surface area contributed by atoms with Gasteiger partial charge in [-0.2, -0.15) is 16.8 Å². The minimum atomic E-state index is -3.98. The number of hydrogen-bond donors (Lipinski definition) is 1. The summed E-state index contributed by atoms with van der Waals surface area (Å²) in [4.78, 5) is 26.1. The number of aromatic amines is 1. The minimum absolute atomic E-state index is 0.488. The Balaban J connectivity index is 2.11. The maximum absolute atomic E-state index is 12.5. The number of hydrogen-bond acceptors (Lipinski definition) is 11. The van der Waals surface area contributed by atoms with Gasteiger partial charge < -0.3 is 14.2 Å². The summed E-state index contributed by atoms with van der Waals surface area (Å²) < 4.78 is 74.5. The van der Waals surface area contributed by atoms with Crippen LogP contribution in [0.4, 0.5) is 0 Å². The van der Waals surface area contributed by atoms with Crippen molar-refractivity contribution in [1.29, 1.82) is 0 Å². The summed E-state index contributed by atoms with van der Waals surface area (Å²) in [5.41, 5.74) is -3.52. The molecule has 2 aliphatic rings. The summed E-state index contributed by atoms with van der Waals surface area (Å²) in [7, 11) is -7.82. The topological polar surface area (TPSA) is 169 Å². The second kappa shape index (κ2) is 7.51. The van der Waals surface area contributed by atoms with Crippen LogP contribution in [0.3, 0.4) is 0 Å². The Bertz CT molecular complexity index is 1140. The molecule has 170 valence electrons. The Kier molecular flexibility index (Phi) is 5.77. The van der Waals surface area contributed by atoms with E-state index in [0.29, 0.717) is 0 Å². The monoisotopic (exact) mass is 470 g/mol. The molecule has 0 aliphatic carbocycles. The first-order valence-electron chi connectivity index (χ1n) is 8.67. The lowest BCUT2D eigenvalue weighted by Crippen LogP contribution is -2.54. The number of nitrogens with zero attached hydrogens (tertiary/aromatic N) is 1. The molecule has 2 saturated heterocycles. The molecule has 0 unspecified atom stereocenters. The number of H-pyrrole nitrogens is 1. The minimum Gasteiger partial charge on any atom is -0.342 e. The quantitative estimate of drug-likeness (QED) is 0.440. The average molecular weight is 470 g/mol. The summed E-state index contributed by atoms with van der Waals surface area (Å²) >= 11 is 0. The van der Waals surface area contributed by atoms with Gasteiger partial charge in [0.05, 0.1) is 19.1 Å². The fourth-order valence-corrected chi connectivity index (χ4v) is 4.18. The predicted octanol–water partition coefficient (Wildman–Crippen LogP) is -1.94. The highest BCUT2D eigenvalue weighted by atomic mass is 32.2. The molecule has 4 atom stereocenters. The highest BCUT2D eigenvalue weighted by Gasteiger charge is 2.65. The third-order valence-electron chi connectivity index (χ3n) is 4.45. The highest BCUT2D eigenvalue weighted by Crippen LogP contribution is 2.46. The molecule has 0 bridgehead atoms. The van der Waals surface area contributed by atoms with E-state index in [1.54, 1.807) is 13.8 Å². The van der Waals surface area contributed by atoms with Gasteiger partial charge in [-0.05, 0) is 13.8 Å². The maximum atomic E-state index is 12.5. The van der Waals surface area contributed by atoms with Crippen LogP contribution in [0.15, 0.2) is 21.9 Å². The third kappa shape index (κ3) is 4.82. The Morgan fingerprint density at radius 1 is 1.07 bits per heavy atom. The van der Waals surface area contributed by atoms with Gasteiger partial charge in [0, 0.05) is 12.3 Å². The zero-order chi connectivity index (χ0) is 22.5. The first-order chi connectivity index (χ1) is 13.6. The van der Waals surface area contributed by atoms with Crippen molar-refractivity contribution in [3.05, 3.63) is 33.1 Å². The lowest BCUT2D eigenvalue weighted by molar-refractivity contribution is -0.241. The van der Waals surface area contributed by atoms with Gasteiger partial charge in [0.15, 0.2) is 5.79 Å². The Morgan fingerprint density at radius 3 is 2.27 bits per heavy atom. The summed E-state index contributed by atoms with van der Waals surface area (Å²) in [6, 6.07) is 1.03.